The molecule has 0 aliphatic carbocycles. The molecule has 2 amide bonds. The van der Waals surface area contributed by atoms with E-state index < -0.39 is 0 Å². The van der Waals surface area contributed by atoms with Crippen LogP contribution in [0.15, 0.2) is 48.7 Å². The lowest BCUT2D eigenvalue weighted by atomic mass is 10.1. The summed E-state index contributed by atoms with van der Waals surface area (Å²) in [5.41, 5.74) is 2.70. The largest absolute Gasteiger partial charge is 0.326 e. The molecule has 0 fully saturated rings. The standard InChI is InChI=1S/C20H18ClFN4O2/c1-3-19-16(11-23-26(19)15-7-4-13(22)5-8-15)20(28)25-18-9-6-14(10-17(18)21)24-12(2)27/h4-11H,3H2,1-2H3,(H,24,27)(H,25,28). The van der Waals surface area contributed by atoms with Gasteiger partial charge in [0.2, 0.25) is 5.91 Å². The Morgan fingerprint density at radius 1 is 1.14 bits per heavy atom. The van der Waals surface area contributed by atoms with Gasteiger partial charge < -0.3 is 10.6 Å². The van der Waals surface area contributed by atoms with Crippen LogP contribution < -0.4 is 10.6 Å². The number of amides is 2. The van der Waals surface area contributed by atoms with Gasteiger partial charge in [-0.25, -0.2) is 9.07 Å². The molecule has 3 aromatic rings. The molecule has 1 heterocycles. The number of nitrogens with zero attached hydrogens (tertiary/aromatic N) is 2. The van der Waals surface area contributed by atoms with E-state index in [0.717, 1.165) is 0 Å². The third-order valence-electron chi connectivity index (χ3n) is 4.06. The molecule has 144 valence electrons. The van der Waals surface area contributed by atoms with E-state index in [1.807, 2.05) is 6.92 Å². The molecule has 2 N–H and O–H groups in total. The van der Waals surface area contributed by atoms with Crippen LogP contribution in [0.4, 0.5) is 15.8 Å². The van der Waals surface area contributed by atoms with Crippen molar-refractivity contribution in [2.45, 2.75) is 20.3 Å². The molecule has 0 saturated heterocycles. The molecule has 28 heavy (non-hydrogen) atoms. The molecule has 0 spiro atoms. The van der Waals surface area contributed by atoms with Crippen molar-refractivity contribution in [3.8, 4) is 5.69 Å². The monoisotopic (exact) mass is 400 g/mol. The lowest BCUT2D eigenvalue weighted by Gasteiger charge is -2.11. The van der Waals surface area contributed by atoms with Crippen LogP contribution in [0.25, 0.3) is 5.69 Å². The number of benzene rings is 2. The number of hydrogen-bond acceptors (Lipinski definition) is 3. The minimum atomic E-state index is -0.362. The van der Waals surface area contributed by atoms with Gasteiger partial charge in [-0.1, -0.05) is 18.5 Å². The molecule has 0 aliphatic rings. The molecular formula is C20H18ClFN4O2. The molecule has 0 aliphatic heterocycles. The number of nitrogens with one attached hydrogen (secondary N) is 2. The maximum absolute atomic E-state index is 13.2. The van der Waals surface area contributed by atoms with E-state index in [1.54, 1.807) is 35.0 Å². The first kappa shape index (κ1) is 19.6. The van der Waals surface area contributed by atoms with Crippen molar-refractivity contribution in [1.29, 1.82) is 0 Å². The van der Waals surface area contributed by atoms with Gasteiger partial charge in [0.15, 0.2) is 0 Å². The fraction of sp³-hybridized carbons (Fsp3) is 0.150. The first-order valence-corrected chi connectivity index (χ1v) is 8.98. The van der Waals surface area contributed by atoms with Gasteiger partial charge in [0.25, 0.3) is 5.91 Å². The second-order valence-electron chi connectivity index (χ2n) is 6.08. The van der Waals surface area contributed by atoms with Crippen LogP contribution in [-0.2, 0) is 11.2 Å². The van der Waals surface area contributed by atoms with Crippen molar-refractivity contribution in [1.82, 2.24) is 9.78 Å². The van der Waals surface area contributed by atoms with Crippen LogP contribution in [0.2, 0.25) is 5.02 Å². The first-order valence-electron chi connectivity index (χ1n) is 8.60. The molecule has 0 atom stereocenters. The quantitative estimate of drug-likeness (QED) is 0.664. The van der Waals surface area contributed by atoms with Gasteiger partial charge in [-0.2, -0.15) is 5.10 Å². The lowest BCUT2D eigenvalue weighted by molar-refractivity contribution is -0.114. The maximum atomic E-state index is 13.2. The van der Waals surface area contributed by atoms with E-state index in [0.29, 0.717) is 39.8 Å². The lowest BCUT2D eigenvalue weighted by Crippen LogP contribution is -2.15. The molecule has 3 rings (SSSR count). The Balaban J connectivity index is 1.85. The Bertz CT molecular complexity index is 1030. The molecule has 8 heteroatoms. The fourth-order valence-corrected chi connectivity index (χ4v) is 3.02. The van der Waals surface area contributed by atoms with E-state index in [2.05, 4.69) is 15.7 Å². The summed E-state index contributed by atoms with van der Waals surface area (Å²) in [6.07, 6.45) is 2.02. The normalized spacial score (nSPS) is 10.6. The number of carbonyl (C=O) groups is 2. The van der Waals surface area contributed by atoms with Crippen molar-refractivity contribution in [2.24, 2.45) is 0 Å². The number of anilines is 2. The van der Waals surface area contributed by atoms with Gasteiger partial charge in [0.05, 0.1) is 33.9 Å². The third kappa shape index (κ3) is 4.20. The van der Waals surface area contributed by atoms with Crippen LogP contribution in [0.5, 0.6) is 0 Å². The zero-order valence-electron chi connectivity index (χ0n) is 15.3. The summed E-state index contributed by atoms with van der Waals surface area (Å²) in [6.45, 7) is 3.30. The van der Waals surface area contributed by atoms with Crippen molar-refractivity contribution < 1.29 is 14.0 Å². The van der Waals surface area contributed by atoms with E-state index in [1.165, 1.54) is 25.3 Å². The average molecular weight is 401 g/mol. The molecular weight excluding hydrogens is 383 g/mol. The summed E-state index contributed by atoms with van der Waals surface area (Å²) in [5.74, 6) is -0.919. The summed E-state index contributed by atoms with van der Waals surface area (Å²) in [5, 5.41) is 9.95. The predicted octanol–water partition coefficient (Wildman–Crippen LogP) is 4.44. The Labute approximate surface area is 166 Å². The van der Waals surface area contributed by atoms with Gasteiger partial charge in [-0.3, -0.25) is 9.59 Å². The van der Waals surface area contributed by atoms with E-state index in [9.17, 15) is 14.0 Å². The summed E-state index contributed by atoms with van der Waals surface area (Å²) in [7, 11) is 0. The Kier molecular flexibility index (Phi) is 5.75. The minimum Gasteiger partial charge on any atom is -0.326 e. The number of halogens is 2. The predicted molar refractivity (Wildman–Crippen MR) is 107 cm³/mol. The molecule has 0 saturated carbocycles. The SMILES string of the molecule is CCc1c(C(=O)Nc2ccc(NC(C)=O)cc2Cl)cnn1-c1ccc(F)cc1. The van der Waals surface area contributed by atoms with Gasteiger partial charge >= 0.3 is 0 Å². The fourth-order valence-electron chi connectivity index (χ4n) is 2.80. The van der Waals surface area contributed by atoms with Crippen LogP contribution in [-0.4, -0.2) is 21.6 Å². The summed E-state index contributed by atoms with van der Waals surface area (Å²) in [4.78, 5) is 23.9. The summed E-state index contributed by atoms with van der Waals surface area (Å²) in [6, 6.07) is 10.7. The molecule has 1 aromatic heterocycles. The van der Waals surface area contributed by atoms with Crippen LogP contribution >= 0.6 is 11.6 Å². The highest BCUT2D eigenvalue weighted by molar-refractivity contribution is 6.34. The second kappa shape index (κ2) is 8.22. The number of aromatic nitrogens is 2. The van der Waals surface area contributed by atoms with Crippen LogP contribution in [0.3, 0.4) is 0 Å². The molecule has 0 bridgehead atoms. The molecule has 2 aromatic carbocycles. The average Bonchev–Trinajstić information content (AvgIpc) is 3.08. The zero-order valence-corrected chi connectivity index (χ0v) is 16.0. The van der Waals surface area contributed by atoms with Crippen molar-refractivity contribution >= 4 is 34.8 Å². The number of rotatable bonds is 5. The van der Waals surface area contributed by atoms with Gasteiger partial charge in [0.1, 0.15) is 5.82 Å². The maximum Gasteiger partial charge on any atom is 0.259 e. The highest BCUT2D eigenvalue weighted by atomic mass is 35.5. The minimum absolute atomic E-state index is 0.214. The highest BCUT2D eigenvalue weighted by Crippen LogP contribution is 2.26. The third-order valence-corrected chi connectivity index (χ3v) is 4.37. The van der Waals surface area contributed by atoms with Crippen LogP contribution in [0, 0.1) is 5.82 Å². The van der Waals surface area contributed by atoms with Crippen molar-refractivity contribution in [3.05, 3.63) is 70.8 Å². The topological polar surface area (TPSA) is 76.0 Å². The van der Waals surface area contributed by atoms with Gasteiger partial charge in [-0.15, -0.1) is 0 Å². The van der Waals surface area contributed by atoms with E-state index in [4.69, 9.17) is 11.6 Å². The number of carbonyl (C=O) groups excluding carboxylic acids is 2. The number of hydrogen-bond donors (Lipinski definition) is 2. The Morgan fingerprint density at radius 2 is 1.86 bits per heavy atom. The van der Waals surface area contributed by atoms with E-state index >= 15 is 0 Å². The van der Waals surface area contributed by atoms with Gasteiger partial charge in [0, 0.05) is 12.6 Å². The smallest absolute Gasteiger partial charge is 0.259 e. The van der Waals surface area contributed by atoms with Crippen molar-refractivity contribution in [3.63, 3.8) is 0 Å². The first-order chi connectivity index (χ1) is 13.4. The Hall–Kier alpha value is -3.19. The molecule has 6 nitrogen and oxygen atoms in total. The summed E-state index contributed by atoms with van der Waals surface area (Å²) >= 11 is 6.21. The zero-order chi connectivity index (χ0) is 20.3. The highest BCUT2D eigenvalue weighted by Gasteiger charge is 2.18. The van der Waals surface area contributed by atoms with Gasteiger partial charge in [-0.05, 0) is 48.9 Å². The van der Waals surface area contributed by atoms with Crippen molar-refractivity contribution in [2.75, 3.05) is 10.6 Å². The van der Waals surface area contributed by atoms with E-state index in [-0.39, 0.29) is 17.6 Å². The second-order valence-corrected chi connectivity index (χ2v) is 6.48. The molecule has 0 unspecified atom stereocenters. The summed E-state index contributed by atoms with van der Waals surface area (Å²) < 4.78 is 14.8. The molecule has 0 radical (unpaired) electrons. The van der Waals surface area contributed by atoms with Crippen LogP contribution in [0.1, 0.15) is 29.9 Å². The Morgan fingerprint density at radius 3 is 2.46 bits per heavy atom.